The fourth-order valence-corrected chi connectivity index (χ4v) is 3.00. The molecule has 0 amide bonds. The first kappa shape index (κ1) is 14.1. The van der Waals surface area contributed by atoms with Crippen LogP contribution < -0.4 is 10.2 Å². The van der Waals surface area contributed by atoms with Gasteiger partial charge in [0.15, 0.2) is 0 Å². The number of aromatic nitrogens is 2. The largest absolute Gasteiger partial charge is 0.366 e. The van der Waals surface area contributed by atoms with Crippen LogP contribution in [-0.4, -0.2) is 36.0 Å². The van der Waals surface area contributed by atoms with Crippen molar-refractivity contribution in [3.05, 3.63) is 41.7 Å². The van der Waals surface area contributed by atoms with Crippen LogP contribution in [0.3, 0.4) is 0 Å². The molecule has 0 saturated carbocycles. The van der Waals surface area contributed by atoms with Crippen molar-refractivity contribution in [2.24, 2.45) is 0 Å². The maximum Gasteiger partial charge on any atom is 0.0793 e. The minimum atomic E-state index is 0.442. The van der Waals surface area contributed by atoms with Gasteiger partial charge in [0.05, 0.1) is 23.3 Å². The van der Waals surface area contributed by atoms with Gasteiger partial charge in [0, 0.05) is 26.2 Å². The van der Waals surface area contributed by atoms with E-state index in [-0.39, 0.29) is 0 Å². The van der Waals surface area contributed by atoms with Crippen molar-refractivity contribution in [1.82, 2.24) is 15.1 Å². The maximum atomic E-state index is 4.68. The average molecular weight is 284 g/mol. The summed E-state index contributed by atoms with van der Waals surface area (Å²) in [5, 5.41) is 8.09. The van der Waals surface area contributed by atoms with Crippen LogP contribution in [-0.2, 0) is 0 Å². The Kier molecular flexibility index (Phi) is 3.97. The third kappa shape index (κ3) is 2.81. The Morgan fingerprint density at radius 3 is 2.62 bits per heavy atom. The van der Waals surface area contributed by atoms with Gasteiger partial charge in [-0.05, 0) is 30.5 Å². The molecule has 0 bridgehead atoms. The molecule has 0 unspecified atom stereocenters. The van der Waals surface area contributed by atoms with E-state index in [9.17, 15) is 0 Å². The van der Waals surface area contributed by atoms with Crippen molar-refractivity contribution >= 4 is 5.69 Å². The van der Waals surface area contributed by atoms with E-state index in [0.29, 0.717) is 5.92 Å². The third-order valence-electron chi connectivity index (χ3n) is 4.04. The van der Waals surface area contributed by atoms with Crippen LogP contribution in [0.15, 0.2) is 30.5 Å². The van der Waals surface area contributed by atoms with Crippen molar-refractivity contribution < 1.29 is 0 Å². The van der Waals surface area contributed by atoms with Gasteiger partial charge < -0.3 is 10.2 Å². The van der Waals surface area contributed by atoms with Gasteiger partial charge in [0.2, 0.25) is 0 Å². The van der Waals surface area contributed by atoms with Crippen molar-refractivity contribution in [2.75, 3.05) is 31.1 Å². The van der Waals surface area contributed by atoms with E-state index in [1.807, 2.05) is 6.20 Å². The van der Waals surface area contributed by atoms with Crippen molar-refractivity contribution in [1.29, 1.82) is 0 Å². The topological polar surface area (TPSA) is 33.1 Å². The second-order valence-electron chi connectivity index (χ2n) is 6.06. The fraction of sp³-hybridized carbons (Fsp3) is 0.471. The second-order valence-corrected chi connectivity index (χ2v) is 6.06. The van der Waals surface area contributed by atoms with Crippen molar-refractivity contribution in [3.8, 4) is 5.69 Å². The molecule has 4 nitrogen and oxygen atoms in total. The first-order valence-corrected chi connectivity index (χ1v) is 7.77. The maximum absolute atomic E-state index is 4.68. The van der Waals surface area contributed by atoms with Crippen LogP contribution in [0, 0.1) is 6.92 Å². The van der Waals surface area contributed by atoms with Crippen LogP contribution in [0.25, 0.3) is 5.69 Å². The van der Waals surface area contributed by atoms with Crippen LogP contribution in [0.5, 0.6) is 0 Å². The summed E-state index contributed by atoms with van der Waals surface area (Å²) >= 11 is 0. The Balaban J connectivity index is 2.03. The lowest BCUT2D eigenvalue weighted by atomic mass is 10.1. The highest BCUT2D eigenvalue weighted by Crippen LogP contribution is 2.30. The molecule has 21 heavy (non-hydrogen) atoms. The van der Waals surface area contributed by atoms with Crippen molar-refractivity contribution in [3.63, 3.8) is 0 Å². The number of benzene rings is 1. The Morgan fingerprint density at radius 1 is 1.19 bits per heavy atom. The predicted octanol–water partition coefficient (Wildman–Crippen LogP) is 2.71. The van der Waals surface area contributed by atoms with Gasteiger partial charge >= 0.3 is 0 Å². The molecule has 2 aromatic rings. The number of rotatable bonds is 3. The summed E-state index contributed by atoms with van der Waals surface area (Å²) in [6.07, 6.45) is 2.03. The summed E-state index contributed by atoms with van der Waals surface area (Å²) in [6, 6.07) is 8.55. The van der Waals surface area contributed by atoms with Gasteiger partial charge in [-0.25, -0.2) is 4.68 Å². The first-order valence-electron chi connectivity index (χ1n) is 7.77. The smallest absolute Gasteiger partial charge is 0.0793 e. The summed E-state index contributed by atoms with van der Waals surface area (Å²) in [6.45, 7) is 10.8. The Morgan fingerprint density at radius 2 is 1.95 bits per heavy atom. The molecule has 3 rings (SSSR count). The summed E-state index contributed by atoms with van der Waals surface area (Å²) < 4.78 is 2.11. The van der Waals surface area contributed by atoms with Gasteiger partial charge in [-0.2, -0.15) is 5.10 Å². The third-order valence-corrected chi connectivity index (χ3v) is 4.04. The fourth-order valence-electron chi connectivity index (χ4n) is 3.00. The van der Waals surface area contributed by atoms with Crippen LogP contribution in [0.4, 0.5) is 5.69 Å². The van der Waals surface area contributed by atoms with Crippen molar-refractivity contribution in [2.45, 2.75) is 26.7 Å². The highest BCUT2D eigenvalue weighted by molar-refractivity contribution is 5.54. The summed E-state index contributed by atoms with van der Waals surface area (Å²) in [7, 11) is 0. The van der Waals surface area contributed by atoms with E-state index >= 15 is 0 Å². The minimum absolute atomic E-state index is 0.442. The number of hydrogen-bond acceptors (Lipinski definition) is 3. The first-order chi connectivity index (χ1) is 10.2. The van der Waals surface area contributed by atoms with Crippen LogP contribution in [0.1, 0.15) is 31.0 Å². The van der Waals surface area contributed by atoms with Crippen LogP contribution in [0.2, 0.25) is 0 Å². The van der Waals surface area contributed by atoms with Gasteiger partial charge in [0.25, 0.3) is 0 Å². The van der Waals surface area contributed by atoms with Crippen LogP contribution >= 0.6 is 0 Å². The summed E-state index contributed by atoms with van der Waals surface area (Å²) in [5.74, 6) is 0.442. The molecule has 4 heteroatoms. The Labute approximate surface area is 126 Å². The Hall–Kier alpha value is -1.81. The molecule has 1 aliphatic rings. The number of nitrogens with zero attached hydrogens (tertiary/aromatic N) is 3. The standard InChI is InChI=1S/C17H24N4/c1-13(2)17-16(20-9-7-18-8-10-20)12-19-21(17)15-6-4-5-14(3)11-15/h4-6,11-13,18H,7-10H2,1-3H3. The molecule has 0 atom stereocenters. The normalized spacial score (nSPS) is 15.7. The van der Waals surface area contributed by atoms with E-state index in [2.05, 4.69) is 65.0 Å². The lowest BCUT2D eigenvalue weighted by Crippen LogP contribution is -2.43. The number of piperazine rings is 1. The number of aryl methyl sites for hydroxylation is 1. The zero-order valence-electron chi connectivity index (χ0n) is 13.1. The van der Waals surface area contributed by atoms with E-state index in [1.54, 1.807) is 0 Å². The summed E-state index contributed by atoms with van der Waals surface area (Å²) in [5.41, 5.74) is 5.01. The molecule has 0 spiro atoms. The van der Waals surface area contributed by atoms with Gasteiger partial charge in [0.1, 0.15) is 0 Å². The lowest BCUT2D eigenvalue weighted by Gasteiger charge is -2.30. The molecule has 1 aromatic heterocycles. The average Bonchev–Trinajstić information content (AvgIpc) is 2.93. The van der Waals surface area contributed by atoms with E-state index in [0.717, 1.165) is 31.9 Å². The molecule has 2 heterocycles. The molecular formula is C17H24N4. The minimum Gasteiger partial charge on any atom is -0.366 e. The van der Waals surface area contributed by atoms with E-state index in [4.69, 9.17) is 0 Å². The monoisotopic (exact) mass is 284 g/mol. The quantitative estimate of drug-likeness (QED) is 0.941. The molecule has 112 valence electrons. The molecule has 1 aliphatic heterocycles. The number of anilines is 1. The second kappa shape index (κ2) is 5.90. The van der Waals surface area contributed by atoms with E-state index < -0.39 is 0 Å². The zero-order valence-corrected chi connectivity index (χ0v) is 13.1. The highest BCUT2D eigenvalue weighted by Gasteiger charge is 2.21. The van der Waals surface area contributed by atoms with E-state index in [1.165, 1.54) is 16.9 Å². The molecular weight excluding hydrogens is 260 g/mol. The summed E-state index contributed by atoms with van der Waals surface area (Å²) in [4.78, 5) is 2.45. The zero-order chi connectivity index (χ0) is 14.8. The molecule has 0 aliphatic carbocycles. The Bertz CT molecular complexity index is 609. The van der Waals surface area contributed by atoms with Gasteiger partial charge in [-0.3, -0.25) is 0 Å². The SMILES string of the molecule is Cc1cccc(-n2ncc(N3CCNCC3)c2C(C)C)c1. The molecule has 1 aromatic carbocycles. The number of hydrogen-bond donors (Lipinski definition) is 1. The van der Waals surface area contributed by atoms with Gasteiger partial charge in [-0.15, -0.1) is 0 Å². The predicted molar refractivity (Wildman–Crippen MR) is 87.5 cm³/mol. The highest BCUT2D eigenvalue weighted by atomic mass is 15.3. The molecule has 1 fully saturated rings. The number of nitrogens with one attached hydrogen (secondary N) is 1. The molecule has 1 saturated heterocycles. The lowest BCUT2D eigenvalue weighted by molar-refractivity contribution is 0.585. The molecule has 1 N–H and O–H groups in total. The van der Waals surface area contributed by atoms with Gasteiger partial charge in [-0.1, -0.05) is 26.0 Å². The molecule has 0 radical (unpaired) electrons.